The third-order valence-electron chi connectivity index (χ3n) is 5.21. The van der Waals surface area contributed by atoms with Crippen LogP contribution in [0.25, 0.3) is 0 Å². The molecule has 5 heteroatoms. The molecule has 1 aliphatic heterocycles. The van der Waals surface area contributed by atoms with Crippen LogP contribution in [-0.2, 0) is 6.54 Å². The van der Waals surface area contributed by atoms with Gasteiger partial charge in [-0.2, -0.15) is 0 Å². The predicted molar refractivity (Wildman–Crippen MR) is 116 cm³/mol. The van der Waals surface area contributed by atoms with E-state index in [4.69, 9.17) is 23.2 Å². The Bertz CT molecular complexity index is 931. The van der Waals surface area contributed by atoms with Gasteiger partial charge in [0.15, 0.2) is 0 Å². The number of aromatic hydroxyl groups is 1. The summed E-state index contributed by atoms with van der Waals surface area (Å²) in [5, 5.41) is 11.0. The number of hydrogen-bond donors (Lipinski definition) is 1. The van der Waals surface area contributed by atoms with Crippen LogP contribution in [0.5, 0.6) is 5.75 Å². The molecule has 144 valence electrons. The topological polar surface area (TPSA) is 26.7 Å². The van der Waals surface area contributed by atoms with Gasteiger partial charge in [0.05, 0.1) is 16.8 Å². The molecule has 3 aromatic rings. The maximum absolute atomic E-state index is 9.73. The van der Waals surface area contributed by atoms with E-state index >= 15 is 0 Å². The molecule has 0 unspecified atom stereocenters. The lowest BCUT2D eigenvalue weighted by Crippen LogP contribution is -2.48. The normalized spacial score (nSPS) is 17.6. The Morgan fingerprint density at radius 3 is 2.36 bits per heavy atom. The van der Waals surface area contributed by atoms with Gasteiger partial charge in [0.1, 0.15) is 5.75 Å². The van der Waals surface area contributed by atoms with Gasteiger partial charge >= 0.3 is 0 Å². The third-order valence-corrected chi connectivity index (χ3v) is 5.76. The fourth-order valence-corrected chi connectivity index (χ4v) is 4.22. The van der Waals surface area contributed by atoms with Crippen LogP contribution in [0.1, 0.15) is 17.2 Å². The zero-order chi connectivity index (χ0) is 19.5. The van der Waals surface area contributed by atoms with Crippen molar-refractivity contribution < 1.29 is 5.11 Å². The molecule has 0 saturated carbocycles. The summed E-state index contributed by atoms with van der Waals surface area (Å²) in [6, 6.07) is 23.9. The third kappa shape index (κ3) is 4.27. The minimum Gasteiger partial charge on any atom is -0.508 e. The smallest absolute Gasteiger partial charge is 0.117 e. The molecule has 4 rings (SSSR count). The second kappa shape index (κ2) is 8.44. The predicted octanol–water partition coefficient (Wildman–Crippen LogP) is 5.76. The minimum atomic E-state index is 0.150. The first-order valence-electron chi connectivity index (χ1n) is 9.37. The molecule has 3 aromatic carbocycles. The molecule has 1 saturated heterocycles. The van der Waals surface area contributed by atoms with E-state index in [1.807, 2.05) is 24.3 Å². The van der Waals surface area contributed by atoms with Crippen LogP contribution >= 0.6 is 23.2 Å². The van der Waals surface area contributed by atoms with Crippen LogP contribution in [-0.4, -0.2) is 29.6 Å². The number of phenolic OH excluding ortho intramolecular Hbond substituents is 1. The molecular weight excluding hydrogens is 391 g/mol. The van der Waals surface area contributed by atoms with E-state index in [9.17, 15) is 5.11 Å². The van der Waals surface area contributed by atoms with Gasteiger partial charge in [0, 0.05) is 37.3 Å². The minimum absolute atomic E-state index is 0.150. The van der Waals surface area contributed by atoms with Crippen molar-refractivity contribution in [3.05, 3.63) is 94.0 Å². The largest absolute Gasteiger partial charge is 0.508 e. The van der Waals surface area contributed by atoms with Crippen molar-refractivity contribution in [2.45, 2.75) is 12.6 Å². The molecule has 28 heavy (non-hydrogen) atoms. The van der Waals surface area contributed by atoms with E-state index in [1.165, 1.54) is 11.1 Å². The Hall–Kier alpha value is -2.20. The number of phenols is 1. The standard InChI is InChI=1S/C23H22Cl2N2O/c24-19-8-6-18(7-9-19)23-16-26(15-17-4-2-1-3-5-17)12-13-27(23)22-11-10-20(28)14-21(22)25/h1-11,14,23,28H,12-13,15-16H2/t23-/m0/s1. The number of rotatable bonds is 4. The Morgan fingerprint density at radius 1 is 0.893 bits per heavy atom. The van der Waals surface area contributed by atoms with Crippen LogP contribution in [0.3, 0.4) is 0 Å². The highest BCUT2D eigenvalue weighted by Gasteiger charge is 2.29. The molecule has 1 aliphatic rings. The summed E-state index contributed by atoms with van der Waals surface area (Å²) in [4.78, 5) is 4.80. The fourth-order valence-electron chi connectivity index (χ4n) is 3.81. The Kier molecular flexibility index (Phi) is 5.77. The number of benzene rings is 3. The van der Waals surface area contributed by atoms with Gasteiger partial charge in [-0.3, -0.25) is 4.90 Å². The second-order valence-corrected chi connectivity index (χ2v) is 7.96. The zero-order valence-corrected chi connectivity index (χ0v) is 16.9. The Morgan fingerprint density at radius 2 is 1.64 bits per heavy atom. The van der Waals surface area contributed by atoms with Gasteiger partial charge in [-0.25, -0.2) is 0 Å². The van der Waals surface area contributed by atoms with Gasteiger partial charge in [-0.15, -0.1) is 0 Å². The first-order chi connectivity index (χ1) is 13.6. The number of nitrogens with zero attached hydrogens (tertiary/aromatic N) is 2. The summed E-state index contributed by atoms with van der Waals surface area (Å²) in [7, 11) is 0. The van der Waals surface area contributed by atoms with Crippen molar-refractivity contribution in [2.24, 2.45) is 0 Å². The van der Waals surface area contributed by atoms with E-state index in [2.05, 4.69) is 46.2 Å². The SMILES string of the molecule is Oc1ccc(N2CCN(Cc3ccccc3)C[C@H]2c2ccc(Cl)cc2)c(Cl)c1. The molecule has 3 nitrogen and oxygen atoms in total. The van der Waals surface area contributed by atoms with E-state index in [0.29, 0.717) is 5.02 Å². The van der Waals surface area contributed by atoms with Crippen LogP contribution < -0.4 is 4.90 Å². The fraction of sp³-hybridized carbons (Fsp3) is 0.217. The average molecular weight is 413 g/mol. The van der Waals surface area contributed by atoms with Crippen molar-refractivity contribution in [2.75, 3.05) is 24.5 Å². The van der Waals surface area contributed by atoms with Gasteiger partial charge in [-0.05, 0) is 35.4 Å². The monoisotopic (exact) mass is 412 g/mol. The highest BCUT2D eigenvalue weighted by molar-refractivity contribution is 6.33. The van der Waals surface area contributed by atoms with Crippen molar-refractivity contribution in [1.29, 1.82) is 0 Å². The highest BCUT2D eigenvalue weighted by Crippen LogP contribution is 2.37. The summed E-state index contributed by atoms with van der Waals surface area (Å²) in [6.07, 6.45) is 0. The first-order valence-corrected chi connectivity index (χ1v) is 10.1. The molecule has 0 aliphatic carbocycles. The van der Waals surface area contributed by atoms with Gasteiger partial charge in [0.2, 0.25) is 0 Å². The van der Waals surface area contributed by atoms with Crippen LogP contribution in [0, 0.1) is 0 Å². The number of anilines is 1. The lowest BCUT2D eigenvalue weighted by atomic mass is 10.0. The molecule has 0 radical (unpaired) electrons. The Balaban J connectivity index is 1.63. The van der Waals surface area contributed by atoms with Crippen molar-refractivity contribution in [3.8, 4) is 5.75 Å². The molecular formula is C23H22Cl2N2O. The lowest BCUT2D eigenvalue weighted by molar-refractivity contribution is 0.215. The van der Waals surface area contributed by atoms with Crippen LogP contribution in [0.2, 0.25) is 10.0 Å². The molecule has 1 N–H and O–H groups in total. The van der Waals surface area contributed by atoms with Crippen molar-refractivity contribution in [1.82, 2.24) is 4.90 Å². The van der Waals surface area contributed by atoms with Gasteiger partial charge in [-0.1, -0.05) is 65.7 Å². The van der Waals surface area contributed by atoms with E-state index in [0.717, 1.165) is 36.9 Å². The lowest BCUT2D eigenvalue weighted by Gasteiger charge is -2.43. The molecule has 0 bridgehead atoms. The molecule has 1 heterocycles. The Labute approximate surface area is 175 Å². The number of halogens is 2. The maximum atomic E-state index is 9.73. The van der Waals surface area contributed by atoms with Crippen LogP contribution in [0.15, 0.2) is 72.8 Å². The first kappa shape index (κ1) is 19.1. The highest BCUT2D eigenvalue weighted by atomic mass is 35.5. The molecule has 0 spiro atoms. The summed E-state index contributed by atoms with van der Waals surface area (Å²) < 4.78 is 0. The summed E-state index contributed by atoms with van der Waals surface area (Å²) in [5.74, 6) is 0.180. The summed E-state index contributed by atoms with van der Waals surface area (Å²) in [6.45, 7) is 3.59. The van der Waals surface area contributed by atoms with E-state index in [-0.39, 0.29) is 11.8 Å². The van der Waals surface area contributed by atoms with Gasteiger partial charge < -0.3 is 10.0 Å². The molecule has 0 amide bonds. The van der Waals surface area contributed by atoms with Crippen molar-refractivity contribution >= 4 is 28.9 Å². The average Bonchev–Trinajstić information content (AvgIpc) is 2.70. The summed E-state index contributed by atoms with van der Waals surface area (Å²) >= 11 is 12.6. The number of piperazine rings is 1. The molecule has 1 atom stereocenters. The van der Waals surface area contributed by atoms with Gasteiger partial charge in [0.25, 0.3) is 0 Å². The quantitative estimate of drug-likeness (QED) is 0.589. The second-order valence-electron chi connectivity index (χ2n) is 7.12. The number of hydrogen-bond acceptors (Lipinski definition) is 3. The van der Waals surface area contributed by atoms with E-state index < -0.39 is 0 Å². The maximum Gasteiger partial charge on any atom is 0.117 e. The zero-order valence-electron chi connectivity index (χ0n) is 15.4. The van der Waals surface area contributed by atoms with E-state index in [1.54, 1.807) is 12.1 Å². The van der Waals surface area contributed by atoms with Crippen molar-refractivity contribution in [3.63, 3.8) is 0 Å². The summed E-state index contributed by atoms with van der Waals surface area (Å²) in [5.41, 5.74) is 3.46. The molecule has 0 aromatic heterocycles. The van der Waals surface area contributed by atoms with Crippen LogP contribution in [0.4, 0.5) is 5.69 Å². The molecule has 1 fully saturated rings.